The predicted octanol–water partition coefficient (Wildman–Crippen LogP) is 2.27. The van der Waals surface area contributed by atoms with E-state index in [4.69, 9.17) is 9.47 Å². The van der Waals surface area contributed by atoms with E-state index >= 15 is 0 Å². The monoisotopic (exact) mass is 353 g/mol. The molecule has 0 aromatic rings. The topological polar surface area (TPSA) is 54.5 Å². The van der Waals surface area contributed by atoms with E-state index in [1.807, 2.05) is 7.11 Å². The molecule has 2 saturated heterocycles. The second-order valence-electron chi connectivity index (χ2n) is 8.55. The lowest BCUT2D eigenvalue weighted by Gasteiger charge is -2.42. The highest BCUT2D eigenvalue weighted by Crippen LogP contribution is 2.31. The maximum atomic E-state index is 6.16. The van der Waals surface area contributed by atoms with Gasteiger partial charge >= 0.3 is 0 Å². The van der Waals surface area contributed by atoms with Gasteiger partial charge in [-0.1, -0.05) is 12.8 Å². The summed E-state index contributed by atoms with van der Waals surface area (Å²) in [5, 5.41) is 11.1. The van der Waals surface area contributed by atoms with Crippen molar-refractivity contribution in [1.29, 1.82) is 0 Å². The Morgan fingerprint density at radius 1 is 1.04 bits per heavy atom. The predicted molar refractivity (Wildman–Crippen MR) is 102 cm³/mol. The van der Waals surface area contributed by atoms with Crippen molar-refractivity contribution >= 4 is 0 Å². The third-order valence-corrected chi connectivity index (χ3v) is 6.41. The van der Waals surface area contributed by atoms with Gasteiger partial charge in [-0.25, -0.2) is 0 Å². The van der Waals surface area contributed by atoms with Crippen molar-refractivity contribution in [3.8, 4) is 0 Å². The van der Waals surface area contributed by atoms with Gasteiger partial charge in [-0.2, -0.15) is 0 Å². The van der Waals surface area contributed by atoms with Gasteiger partial charge < -0.3 is 25.4 Å². The fraction of sp³-hybridized carbons (Fsp3) is 1.00. The van der Waals surface area contributed by atoms with E-state index in [1.54, 1.807) is 0 Å². The number of rotatable bonds is 2. The minimum Gasteiger partial charge on any atom is -0.384 e. The van der Waals surface area contributed by atoms with Crippen LogP contribution in [0.4, 0.5) is 0 Å². The molecule has 1 saturated carbocycles. The molecule has 0 spiro atoms. The average Bonchev–Trinajstić information content (AvgIpc) is 2.62. The van der Waals surface area contributed by atoms with Crippen LogP contribution in [-0.2, 0) is 9.47 Å². The quantitative estimate of drug-likeness (QED) is 0.711. The second-order valence-corrected chi connectivity index (χ2v) is 8.55. The maximum absolute atomic E-state index is 6.16. The molecule has 5 nitrogen and oxygen atoms in total. The number of ether oxygens (including phenoxy) is 2. The minimum atomic E-state index is 0.271. The molecule has 3 rings (SSSR count). The Morgan fingerprint density at radius 3 is 2.88 bits per heavy atom. The highest BCUT2D eigenvalue weighted by molar-refractivity contribution is 4.91. The van der Waals surface area contributed by atoms with Crippen LogP contribution in [0.5, 0.6) is 0 Å². The largest absolute Gasteiger partial charge is 0.384 e. The van der Waals surface area contributed by atoms with Crippen molar-refractivity contribution in [3.63, 3.8) is 0 Å². The first kappa shape index (κ1) is 19.6. The zero-order valence-electron chi connectivity index (χ0n) is 16.2. The Balaban J connectivity index is 1.57. The molecule has 4 unspecified atom stereocenters. The third-order valence-electron chi connectivity index (χ3n) is 6.41. The summed E-state index contributed by atoms with van der Waals surface area (Å²) in [5.74, 6) is 0.847. The van der Waals surface area contributed by atoms with Crippen molar-refractivity contribution in [1.82, 2.24) is 16.0 Å². The Morgan fingerprint density at radius 2 is 1.96 bits per heavy atom. The maximum Gasteiger partial charge on any atom is 0.0578 e. The molecule has 3 aliphatic rings. The lowest BCUT2D eigenvalue weighted by Crippen LogP contribution is -2.55. The Labute approximate surface area is 154 Å². The van der Waals surface area contributed by atoms with E-state index < -0.39 is 0 Å². The van der Waals surface area contributed by atoms with Crippen molar-refractivity contribution in [2.45, 2.75) is 70.1 Å². The van der Waals surface area contributed by atoms with E-state index in [0.717, 1.165) is 51.7 Å². The van der Waals surface area contributed by atoms with Crippen LogP contribution in [0.3, 0.4) is 0 Å². The zero-order valence-corrected chi connectivity index (χ0v) is 16.2. The minimum absolute atomic E-state index is 0.271. The molecular formula is C20H39N3O2. The fourth-order valence-corrected chi connectivity index (χ4v) is 4.98. The van der Waals surface area contributed by atoms with Crippen molar-refractivity contribution in [2.24, 2.45) is 11.3 Å². The first-order valence-corrected chi connectivity index (χ1v) is 10.6. The van der Waals surface area contributed by atoms with Crippen LogP contribution < -0.4 is 16.0 Å². The Kier molecular flexibility index (Phi) is 7.99. The highest BCUT2D eigenvalue weighted by Gasteiger charge is 2.36. The molecule has 146 valence electrons. The lowest BCUT2D eigenvalue weighted by atomic mass is 9.78. The van der Waals surface area contributed by atoms with Gasteiger partial charge in [0.25, 0.3) is 0 Å². The number of hydrogen-bond donors (Lipinski definition) is 3. The third kappa shape index (κ3) is 6.17. The number of fused-ring (bicyclic) bond motifs is 4. The Bertz CT molecular complexity index is 378. The molecule has 25 heavy (non-hydrogen) atoms. The Hall–Kier alpha value is -0.200. The molecule has 0 radical (unpaired) electrons. The summed E-state index contributed by atoms with van der Waals surface area (Å²) in [6, 6.07) is 0. The van der Waals surface area contributed by atoms with Crippen molar-refractivity contribution in [3.05, 3.63) is 0 Å². The molecular weight excluding hydrogens is 314 g/mol. The molecule has 2 heterocycles. The first-order chi connectivity index (χ1) is 12.3. The van der Waals surface area contributed by atoms with E-state index in [9.17, 15) is 0 Å². The van der Waals surface area contributed by atoms with Crippen LogP contribution in [0, 0.1) is 11.3 Å². The molecule has 4 bridgehead atoms. The summed E-state index contributed by atoms with van der Waals surface area (Å²) < 4.78 is 11.8. The summed E-state index contributed by atoms with van der Waals surface area (Å²) in [5.41, 5.74) is 0.271. The molecule has 5 heteroatoms. The highest BCUT2D eigenvalue weighted by atomic mass is 16.5. The van der Waals surface area contributed by atoms with Crippen LogP contribution >= 0.6 is 0 Å². The zero-order chi connectivity index (χ0) is 17.4. The summed E-state index contributed by atoms with van der Waals surface area (Å²) in [6.07, 6.45) is 12.2. The van der Waals surface area contributed by atoms with Gasteiger partial charge in [0.1, 0.15) is 0 Å². The van der Waals surface area contributed by atoms with Crippen LogP contribution in [0.15, 0.2) is 0 Å². The van der Waals surface area contributed by atoms with Crippen molar-refractivity contribution in [2.75, 3.05) is 46.5 Å². The van der Waals surface area contributed by atoms with Crippen LogP contribution in [0.1, 0.15) is 57.8 Å². The van der Waals surface area contributed by atoms with Gasteiger partial charge in [0.05, 0.1) is 18.9 Å². The number of nitrogens with one attached hydrogen (secondary N) is 3. The van der Waals surface area contributed by atoms with E-state index in [-0.39, 0.29) is 5.41 Å². The molecule has 0 amide bonds. The van der Waals surface area contributed by atoms with Gasteiger partial charge in [0, 0.05) is 25.7 Å². The molecule has 3 fully saturated rings. The van der Waals surface area contributed by atoms with Gasteiger partial charge in [-0.3, -0.25) is 0 Å². The molecule has 3 N–H and O–H groups in total. The first-order valence-electron chi connectivity index (χ1n) is 10.6. The molecule has 4 atom stereocenters. The fourth-order valence-electron chi connectivity index (χ4n) is 4.98. The normalized spacial score (nSPS) is 39.0. The summed E-state index contributed by atoms with van der Waals surface area (Å²) >= 11 is 0. The van der Waals surface area contributed by atoms with Crippen molar-refractivity contribution < 1.29 is 9.47 Å². The van der Waals surface area contributed by atoms with Crippen LogP contribution in [0.2, 0.25) is 0 Å². The second kappa shape index (κ2) is 10.2. The van der Waals surface area contributed by atoms with Crippen LogP contribution in [0.25, 0.3) is 0 Å². The van der Waals surface area contributed by atoms with E-state index in [2.05, 4.69) is 16.0 Å². The van der Waals surface area contributed by atoms with Gasteiger partial charge in [-0.15, -0.1) is 0 Å². The van der Waals surface area contributed by atoms with Gasteiger partial charge in [-0.05, 0) is 70.5 Å². The molecule has 1 aliphatic carbocycles. The summed E-state index contributed by atoms with van der Waals surface area (Å²) in [7, 11) is 1.85. The van der Waals surface area contributed by atoms with Crippen LogP contribution in [-0.4, -0.2) is 58.8 Å². The number of piperidine rings is 1. The molecule has 2 aliphatic heterocycles. The number of methoxy groups -OCH3 is 1. The van der Waals surface area contributed by atoms with Gasteiger partial charge in [0.2, 0.25) is 0 Å². The lowest BCUT2D eigenvalue weighted by molar-refractivity contribution is 0.00821. The summed E-state index contributed by atoms with van der Waals surface area (Å²) in [4.78, 5) is 0. The van der Waals surface area contributed by atoms with E-state index in [0.29, 0.717) is 12.3 Å². The van der Waals surface area contributed by atoms with Gasteiger partial charge in [0.15, 0.2) is 0 Å². The standard InChI is InChI=1S/C20H39N3O2/c1-24-16-20-8-11-23-19(14-20)22-9-2-3-12-25-18-6-4-5-17(13-18)7-10-21-15-20/h17-19,21-23H,2-16H2,1H3. The molecule has 0 aromatic carbocycles. The number of hydrogen-bond acceptors (Lipinski definition) is 5. The smallest absolute Gasteiger partial charge is 0.0578 e. The SMILES string of the molecule is COCC12CCNC(C1)NCCCCOC1CCCC(CCNC2)C1. The molecule has 0 aromatic heterocycles. The average molecular weight is 354 g/mol. The summed E-state index contributed by atoms with van der Waals surface area (Å²) in [6.45, 7) is 6.16. The van der Waals surface area contributed by atoms with E-state index in [1.165, 1.54) is 51.4 Å².